The summed E-state index contributed by atoms with van der Waals surface area (Å²) in [5.74, 6) is -0.766. The molecule has 1 N–H and O–H groups in total. The Labute approximate surface area is 189 Å². The van der Waals surface area contributed by atoms with Gasteiger partial charge >= 0.3 is 12.1 Å². The first-order chi connectivity index (χ1) is 15.4. The third-order valence-corrected chi connectivity index (χ3v) is 5.55. The van der Waals surface area contributed by atoms with Crippen LogP contribution in [-0.2, 0) is 22.6 Å². The Morgan fingerprint density at radius 2 is 2.06 bits per heavy atom. The molecule has 1 aromatic heterocycles. The number of rotatable bonds is 6. The lowest BCUT2D eigenvalue weighted by Gasteiger charge is -2.37. The van der Waals surface area contributed by atoms with Crippen LogP contribution < -0.4 is 4.74 Å². The molecule has 0 saturated carbocycles. The van der Waals surface area contributed by atoms with Gasteiger partial charge in [-0.15, -0.1) is 0 Å². The zero-order valence-electron chi connectivity index (χ0n) is 17.3. The van der Waals surface area contributed by atoms with Crippen molar-refractivity contribution in [3.63, 3.8) is 0 Å². The number of ether oxygens (including phenoxy) is 2. The second-order valence-electron chi connectivity index (χ2n) is 7.41. The van der Waals surface area contributed by atoms with Crippen molar-refractivity contribution in [1.29, 1.82) is 0 Å². The Kier molecular flexibility index (Phi) is 6.32. The summed E-state index contributed by atoms with van der Waals surface area (Å²) in [6.45, 7) is 1.68. The van der Waals surface area contributed by atoms with Crippen LogP contribution >= 0.6 is 11.6 Å². The number of nitrogens with zero attached hydrogens (tertiary/aromatic N) is 2. The molecule has 0 aliphatic carbocycles. The van der Waals surface area contributed by atoms with Gasteiger partial charge in [0, 0.05) is 22.7 Å². The number of aryl methyl sites for hydroxylation is 1. The minimum Gasteiger partial charge on any atom is -0.482 e. The summed E-state index contributed by atoms with van der Waals surface area (Å²) >= 11 is 6.27. The monoisotopic (exact) mass is 456 g/mol. The van der Waals surface area contributed by atoms with Gasteiger partial charge < -0.3 is 19.1 Å². The van der Waals surface area contributed by atoms with Crippen molar-refractivity contribution >= 4 is 23.7 Å². The molecule has 166 valence electrons. The second kappa shape index (κ2) is 9.32. The van der Waals surface area contributed by atoms with Crippen LogP contribution in [0.15, 0.2) is 53.3 Å². The fraction of sp³-hybridized carbons (Fsp3) is 0.261. The number of fused-ring (bicyclic) bond motifs is 1. The highest BCUT2D eigenvalue weighted by molar-refractivity contribution is 6.30. The fourth-order valence-electron chi connectivity index (χ4n) is 3.76. The summed E-state index contributed by atoms with van der Waals surface area (Å²) in [7, 11) is 0. The van der Waals surface area contributed by atoms with Crippen molar-refractivity contribution in [1.82, 2.24) is 10.1 Å². The van der Waals surface area contributed by atoms with Crippen LogP contribution in [0.2, 0.25) is 5.02 Å². The predicted octanol–water partition coefficient (Wildman–Crippen LogP) is 4.38. The molecule has 3 aromatic rings. The van der Waals surface area contributed by atoms with Crippen LogP contribution in [0.5, 0.6) is 5.75 Å². The van der Waals surface area contributed by atoms with Gasteiger partial charge in [-0.1, -0.05) is 41.0 Å². The van der Waals surface area contributed by atoms with Crippen molar-refractivity contribution in [3.05, 3.63) is 81.7 Å². The highest BCUT2D eigenvalue weighted by Gasteiger charge is 2.35. The quantitative estimate of drug-likeness (QED) is 0.587. The van der Waals surface area contributed by atoms with Gasteiger partial charge in [0.25, 0.3) is 0 Å². The minimum atomic E-state index is -1.10. The maximum absolute atomic E-state index is 13.1. The molecule has 1 aliphatic heterocycles. The Hall–Kier alpha value is -3.52. The summed E-state index contributed by atoms with van der Waals surface area (Å²) in [5, 5.41) is 13.4. The number of amides is 1. The van der Waals surface area contributed by atoms with Gasteiger partial charge in [0.2, 0.25) is 0 Å². The molecular formula is C23H21ClN2O6. The Morgan fingerprint density at radius 1 is 1.25 bits per heavy atom. The fourth-order valence-corrected chi connectivity index (χ4v) is 3.95. The molecule has 9 heteroatoms. The summed E-state index contributed by atoms with van der Waals surface area (Å²) in [6.07, 6.45) is 1.61. The number of carboxylic acids is 1. The highest BCUT2D eigenvalue weighted by Crippen LogP contribution is 2.40. The molecular weight excluding hydrogens is 436 g/mol. The first-order valence-electron chi connectivity index (χ1n) is 9.99. The third kappa shape index (κ3) is 4.55. The molecule has 0 unspecified atom stereocenters. The number of benzene rings is 2. The van der Waals surface area contributed by atoms with Gasteiger partial charge in [-0.2, -0.15) is 0 Å². The minimum absolute atomic E-state index is 0.0239. The number of aliphatic carboxylic acids is 1. The number of carbonyl (C=O) groups excluding carboxylic acids is 1. The maximum atomic E-state index is 13.1. The number of aromatic nitrogens is 1. The molecule has 0 spiro atoms. The summed E-state index contributed by atoms with van der Waals surface area (Å²) in [4.78, 5) is 25.8. The van der Waals surface area contributed by atoms with E-state index in [9.17, 15) is 9.59 Å². The van der Waals surface area contributed by atoms with Crippen LogP contribution in [0.3, 0.4) is 0 Å². The van der Waals surface area contributed by atoms with Gasteiger partial charge in [0.15, 0.2) is 6.61 Å². The largest absolute Gasteiger partial charge is 0.482 e. The van der Waals surface area contributed by atoms with Crippen molar-refractivity contribution in [2.24, 2.45) is 0 Å². The molecule has 0 bridgehead atoms. The van der Waals surface area contributed by atoms with E-state index in [0.717, 1.165) is 16.7 Å². The number of carboxylic acid groups (broad SMARTS) is 1. The summed E-state index contributed by atoms with van der Waals surface area (Å²) < 4.78 is 16.0. The van der Waals surface area contributed by atoms with Gasteiger partial charge in [-0.05, 0) is 42.7 Å². The molecule has 2 heterocycles. The van der Waals surface area contributed by atoms with Crippen LogP contribution in [-0.4, -0.2) is 40.4 Å². The molecule has 0 fully saturated rings. The van der Waals surface area contributed by atoms with Crippen molar-refractivity contribution < 1.29 is 28.7 Å². The van der Waals surface area contributed by atoms with E-state index < -0.39 is 24.7 Å². The standard InChI is InChI=1S/C23H21ClN2O6/c1-14-11-32-25-19(14)12-31-23(29)26-9-8-15-4-2-3-5-17(15)22(26)18-10-16(24)6-7-20(18)30-13-21(27)28/h2-7,10-11,22H,8-9,12-13H2,1H3,(H,27,28)/t22-/m0/s1. The molecule has 32 heavy (non-hydrogen) atoms. The van der Waals surface area contributed by atoms with E-state index in [2.05, 4.69) is 5.16 Å². The van der Waals surface area contributed by atoms with Crippen LogP contribution in [0, 0.1) is 6.92 Å². The molecule has 0 saturated heterocycles. The lowest BCUT2D eigenvalue weighted by atomic mass is 9.88. The molecule has 4 rings (SSSR count). The van der Waals surface area contributed by atoms with Gasteiger partial charge in [-0.25, -0.2) is 9.59 Å². The maximum Gasteiger partial charge on any atom is 0.410 e. The van der Waals surface area contributed by atoms with Crippen LogP contribution in [0.25, 0.3) is 0 Å². The molecule has 1 aliphatic rings. The normalized spacial score (nSPS) is 15.2. The molecule has 8 nitrogen and oxygen atoms in total. The van der Waals surface area contributed by atoms with E-state index in [1.165, 1.54) is 6.26 Å². The average Bonchev–Trinajstić information content (AvgIpc) is 3.20. The SMILES string of the molecule is Cc1conc1COC(=O)N1CCc2ccccc2[C@H]1c1cc(Cl)ccc1OCC(=O)O. The molecule has 2 aromatic carbocycles. The topological polar surface area (TPSA) is 102 Å². The Balaban J connectivity index is 1.70. The Bertz CT molecular complexity index is 1150. The van der Waals surface area contributed by atoms with Crippen molar-refractivity contribution in [2.45, 2.75) is 26.0 Å². The van der Waals surface area contributed by atoms with E-state index >= 15 is 0 Å². The average molecular weight is 457 g/mol. The Morgan fingerprint density at radius 3 is 2.81 bits per heavy atom. The first kappa shape index (κ1) is 21.7. The van der Waals surface area contributed by atoms with Gasteiger partial charge in [0.1, 0.15) is 24.3 Å². The number of halogens is 1. The van der Waals surface area contributed by atoms with E-state index in [4.69, 9.17) is 30.7 Å². The summed E-state index contributed by atoms with van der Waals surface area (Å²) in [5.41, 5.74) is 3.90. The van der Waals surface area contributed by atoms with Crippen molar-refractivity contribution in [2.75, 3.05) is 13.2 Å². The van der Waals surface area contributed by atoms with Crippen LogP contribution in [0.1, 0.15) is 34.0 Å². The first-order valence-corrected chi connectivity index (χ1v) is 10.4. The van der Waals surface area contributed by atoms with E-state index in [1.807, 2.05) is 31.2 Å². The smallest absolute Gasteiger partial charge is 0.410 e. The van der Waals surface area contributed by atoms with Crippen molar-refractivity contribution in [3.8, 4) is 5.75 Å². The van der Waals surface area contributed by atoms with Crippen LogP contribution in [0.4, 0.5) is 4.79 Å². The number of carbonyl (C=O) groups is 2. The lowest BCUT2D eigenvalue weighted by Crippen LogP contribution is -2.41. The third-order valence-electron chi connectivity index (χ3n) is 5.32. The number of hydrogen-bond donors (Lipinski definition) is 1. The molecule has 1 amide bonds. The number of hydrogen-bond acceptors (Lipinski definition) is 6. The second-order valence-corrected chi connectivity index (χ2v) is 7.84. The summed E-state index contributed by atoms with van der Waals surface area (Å²) in [6, 6.07) is 12.1. The van der Waals surface area contributed by atoms with Gasteiger partial charge in [-0.3, -0.25) is 4.90 Å². The van der Waals surface area contributed by atoms with E-state index in [0.29, 0.717) is 35.0 Å². The highest BCUT2D eigenvalue weighted by atomic mass is 35.5. The zero-order chi connectivity index (χ0) is 22.7. The van der Waals surface area contributed by atoms with Gasteiger partial charge in [0.05, 0.1) is 6.04 Å². The van der Waals surface area contributed by atoms with E-state index in [-0.39, 0.29) is 6.61 Å². The zero-order valence-corrected chi connectivity index (χ0v) is 18.0. The lowest BCUT2D eigenvalue weighted by molar-refractivity contribution is -0.139. The molecule has 0 radical (unpaired) electrons. The predicted molar refractivity (Wildman–Crippen MR) is 115 cm³/mol. The molecule has 1 atom stereocenters. The van der Waals surface area contributed by atoms with E-state index in [1.54, 1.807) is 23.1 Å².